The molecule has 1 N–H and O–H groups in total. The lowest BCUT2D eigenvalue weighted by Gasteiger charge is -1.98. The summed E-state index contributed by atoms with van der Waals surface area (Å²) in [6.07, 6.45) is 2.62. The molecule has 3 heteroatoms. The van der Waals surface area contributed by atoms with Gasteiger partial charge in [0.05, 0.1) is 5.69 Å². The maximum atomic E-state index is 4.37. The van der Waals surface area contributed by atoms with E-state index in [-0.39, 0.29) is 0 Å². The number of nitrogens with one attached hydrogen (secondary N) is 1. The second kappa shape index (κ2) is 3.05. The number of thiazole rings is 1. The van der Waals surface area contributed by atoms with Gasteiger partial charge < -0.3 is 5.32 Å². The minimum absolute atomic E-state index is 0.709. The van der Waals surface area contributed by atoms with Crippen LogP contribution in [0.15, 0.2) is 5.38 Å². The molecule has 1 fully saturated rings. The van der Waals surface area contributed by atoms with Crippen LogP contribution >= 0.6 is 11.3 Å². The SMILES string of the molecule is CCC1CC1Nc1nc(C)cs1. The molecule has 1 aromatic heterocycles. The Morgan fingerprint density at radius 1 is 1.75 bits per heavy atom. The Hall–Kier alpha value is -0.570. The molecule has 66 valence electrons. The van der Waals surface area contributed by atoms with E-state index in [2.05, 4.69) is 22.6 Å². The van der Waals surface area contributed by atoms with Crippen molar-refractivity contribution in [2.45, 2.75) is 32.7 Å². The van der Waals surface area contributed by atoms with Gasteiger partial charge in [0, 0.05) is 11.4 Å². The molecule has 0 bridgehead atoms. The molecule has 12 heavy (non-hydrogen) atoms. The van der Waals surface area contributed by atoms with E-state index in [0.29, 0.717) is 6.04 Å². The molecule has 1 aliphatic carbocycles. The first-order valence-corrected chi connectivity index (χ1v) is 5.36. The number of anilines is 1. The largest absolute Gasteiger partial charge is 0.358 e. The minimum atomic E-state index is 0.709. The third-order valence-corrected chi connectivity index (χ3v) is 3.27. The summed E-state index contributed by atoms with van der Waals surface area (Å²) in [6, 6.07) is 0.709. The van der Waals surface area contributed by atoms with Gasteiger partial charge in [-0.05, 0) is 19.3 Å². The van der Waals surface area contributed by atoms with E-state index >= 15 is 0 Å². The molecular weight excluding hydrogens is 168 g/mol. The summed E-state index contributed by atoms with van der Waals surface area (Å²) in [7, 11) is 0. The van der Waals surface area contributed by atoms with Gasteiger partial charge in [-0.1, -0.05) is 13.3 Å². The van der Waals surface area contributed by atoms with Crippen molar-refractivity contribution in [3.8, 4) is 0 Å². The predicted molar refractivity (Wildman–Crippen MR) is 52.7 cm³/mol. The van der Waals surface area contributed by atoms with Gasteiger partial charge in [-0.2, -0.15) is 0 Å². The molecule has 1 aromatic rings. The Balaban J connectivity index is 1.89. The standard InChI is InChI=1S/C9H14N2S/c1-3-7-4-8(7)11-9-10-6(2)5-12-9/h5,7-8H,3-4H2,1-2H3,(H,10,11). The van der Waals surface area contributed by atoms with Crippen LogP contribution in [0.5, 0.6) is 0 Å². The van der Waals surface area contributed by atoms with Crippen molar-refractivity contribution in [2.75, 3.05) is 5.32 Å². The van der Waals surface area contributed by atoms with Crippen molar-refractivity contribution in [2.24, 2.45) is 5.92 Å². The second-order valence-corrected chi connectivity index (χ2v) is 4.31. The van der Waals surface area contributed by atoms with Gasteiger partial charge >= 0.3 is 0 Å². The van der Waals surface area contributed by atoms with Gasteiger partial charge in [-0.25, -0.2) is 4.98 Å². The Kier molecular flexibility index (Phi) is 2.05. The van der Waals surface area contributed by atoms with Crippen LogP contribution in [-0.4, -0.2) is 11.0 Å². The number of rotatable bonds is 3. The van der Waals surface area contributed by atoms with E-state index in [1.807, 2.05) is 6.92 Å². The van der Waals surface area contributed by atoms with Crippen molar-refractivity contribution < 1.29 is 0 Å². The van der Waals surface area contributed by atoms with Crippen LogP contribution < -0.4 is 5.32 Å². The van der Waals surface area contributed by atoms with E-state index in [0.717, 1.165) is 16.7 Å². The Bertz CT molecular complexity index is 269. The van der Waals surface area contributed by atoms with Crippen LogP contribution in [0.2, 0.25) is 0 Å². The summed E-state index contributed by atoms with van der Waals surface area (Å²) in [5.41, 5.74) is 1.12. The van der Waals surface area contributed by atoms with Gasteiger partial charge in [0.2, 0.25) is 0 Å². The van der Waals surface area contributed by atoms with Crippen molar-refractivity contribution in [3.05, 3.63) is 11.1 Å². The van der Waals surface area contributed by atoms with Crippen LogP contribution in [-0.2, 0) is 0 Å². The molecule has 0 radical (unpaired) electrons. The number of hydrogen-bond donors (Lipinski definition) is 1. The van der Waals surface area contributed by atoms with E-state index in [1.165, 1.54) is 12.8 Å². The third kappa shape index (κ3) is 1.61. The third-order valence-electron chi connectivity index (χ3n) is 2.37. The molecular formula is C9H14N2S. The zero-order valence-electron chi connectivity index (χ0n) is 7.50. The summed E-state index contributed by atoms with van der Waals surface area (Å²) in [4.78, 5) is 4.37. The lowest BCUT2D eigenvalue weighted by atomic mass is 10.3. The quantitative estimate of drug-likeness (QED) is 0.777. The molecule has 0 spiro atoms. The molecule has 0 aromatic carbocycles. The number of nitrogens with zero attached hydrogens (tertiary/aromatic N) is 1. The Morgan fingerprint density at radius 2 is 2.58 bits per heavy atom. The highest BCUT2D eigenvalue weighted by molar-refractivity contribution is 7.13. The van der Waals surface area contributed by atoms with Crippen molar-refractivity contribution in [1.29, 1.82) is 0 Å². The predicted octanol–water partition coefficient (Wildman–Crippen LogP) is 2.66. The van der Waals surface area contributed by atoms with Crippen LogP contribution in [0.3, 0.4) is 0 Å². The first kappa shape index (κ1) is 8.05. The maximum Gasteiger partial charge on any atom is 0.183 e. The summed E-state index contributed by atoms with van der Waals surface area (Å²) in [6.45, 7) is 4.28. The van der Waals surface area contributed by atoms with Crippen LogP contribution in [0.1, 0.15) is 25.5 Å². The van der Waals surface area contributed by atoms with E-state index in [9.17, 15) is 0 Å². The zero-order chi connectivity index (χ0) is 8.55. The molecule has 2 atom stereocenters. The maximum absolute atomic E-state index is 4.37. The first-order chi connectivity index (χ1) is 5.79. The smallest absolute Gasteiger partial charge is 0.183 e. The van der Waals surface area contributed by atoms with Crippen molar-refractivity contribution >= 4 is 16.5 Å². The highest BCUT2D eigenvalue weighted by atomic mass is 32.1. The molecule has 0 aliphatic heterocycles. The fourth-order valence-electron chi connectivity index (χ4n) is 1.45. The van der Waals surface area contributed by atoms with E-state index < -0.39 is 0 Å². The average Bonchev–Trinajstić information content (AvgIpc) is 2.67. The van der Waals surface area contributed by atoms with Crippen LogP contribution in [0.4, 0.5) is 5.13 Å². The monoisotopic (exact) mass is 182 g/mol. The molecule has 1 saturated carbocycles. The Labute approximate surface area is 77.0 Å². The summed E-state index contributed by atoms with van der Waals surface area (Å²) in [5.74, 6) is 0.897. The highest BCUT2D eigenvalue weighted by Gasteiger charge is 2.35. The molecule has 1 heterocycles. The van der Waals surface area contributed by atoms with E-state index in [4.69, 9.17) is 0 Å². The number of aryl methyl sites for hydroxylation is 1. The minimum Gasteiger partial charge on any atom is -0.358 e. The first-order valence-electron chi connectivity index (χ1n) is 4.48. The van der Waals surface area contributed by atoms with Gasteiger partial charge in [0.25, 0.3) is 0 Å². The molecule has 0 saturated heterocycles. The van der Waals surface area contributed by atoms with Gasteiger partial charge in [-0.15, -0.1) is 11.3 Å². The number of hydrogen-bond acceptors (Lipinski definition) is 3. The molecule has 0 amide bonds. The normalized spacial score (nSPS) is 27.2. The number of aromatic nitrogens is 1. The highest BCUT2D eigenvalue weighted by Crippen LogP contribution is 2.36. The van der Waals surface area contributed by atoms with Gasteiger partial charge in [-0.3, -0.25) is 0 Å². The van der Waals surface area contributed by atoms with E-state index in [1.54, 1.807) is 11.3 Å². The fraction of sp³-hybridized carbons (Fsp3) is 0.667. The average molecular weight is 182 g/mol. The zero-order valence-corrected chi connectivity index (χ0v) is 8.32. The lowest BCUT2D eigenvalue weighted by molar-refractivity contribution is 0.774. The van der Waals surface area contributed by atoms with Gasteiger partial charge in [0.1, 0.15) is 0 Å². The summed E-state index contributed by atoms with van der Waals surface area (Å²) < 4.78 is 0. The summed E-state index contributed by atoms with van der Waals surface area (Å²) in [5, 5.41) is 6.63. The molecule has 1 aliphatic rings. The van der Waals surface area contributed by atoms with Crippen molar-refractivity contribution in [1.82, 2.24) is 4.98 Å². The topological polar surface area (TPSA) is 24.9 Å². The van der Waals surface area contributed by atoms with Crippen LogP contribution in [0.25, 0.3) is 0 Å². The molecule has 2 rings (SSSR count). The van der Waals surface area contributed by atoms with Crippen molar-refractivity contribution in [3.63, 3.8) is 0 Å². The van der Waals surface area contributed by atoms with Crippen LogP contribution in [0, 0.1) is 12.8 Å². The second-order valence-electron chi connectivity index (χ2n) is 3.45. The summed E-state index contributed by atoms with van der Waals surface area (Å²) >= 11 is 1.71. The Morgan fingerprint density at radius 3 is 3.08 bits per heavy atom. The molecule has 2 nitrogen and oxygen atoms in total. The fourth-order valence-corrected chi connectivity index (χ4v) is 2.21. The lowest BCUT2D eigenvalue weighted by Crippen LogP contribution is -2.03. The molecule has 2 unspecified atom stereocenters. The van der Waals surface area contributed by atoms with Gasteiger partial charge in [0.15, 0.2) is 5.13 Å².